The number of hydrogen-bond donors (Lipinski definition) is 2. The lowest BCUT2D eigenvalue weighted by atomic mass is 10.1. The Balaban J connectivity index is 1.62. The van der Waals surface area contributed by atoms with Crippen molar-refractivity contribution < 1.29 is 4.79 Å². The highest BCUT2D eigenvalue weighted by atomic mass is 35.5. The van der Waals surface area contributed by atoms with Crippen molar-refractivity contribution in [2.24, 2.45) is 5.10 Å². The molecule has 0 aliphatic rings. The average Bonchev–Trinajstić information content (AvgIpc) is 3.13. The molecule has 0 saturated carbocycles. The molecule has 1 aromatic heterocycles. The average molecular weight is 365 g/mol. The Hall–Kier alpha value is -3.18. The number of carbonyl (C=O) groups excluding carboxylic acids is 1. The molecular weight excluding hydrogens is 348 g/mol. The minimum atomic E-state index is -0.360. The number of benzene rings is 2. The van der Waals surface area contributed by atoms with Gasteiger partial charge in [-0.2, -0.15) is 10.2 Å². The van der Waals surface area contributed by atoms with E-state index >= 15 is 0 Å². The number of hydrogen-bond acceptors (Lipinski definition) is 3. The van der Waals surface area contributed by atoms with E-state index in [1.165, 1.54) is 0 Å². The second-order valence-corrected chi connectivity index (χ2v) is 6.11. The summed E-state index contributed by atoms with van der Waals surface area (Å²) in [6.45, 7) is 1.91. The third-order valence-electron chi connectivity index (χ3n) is 3.59. The van der Waals surface area contributed by atoms with Crippen LogP contribution in [0.2, 0.25) is 5.02 Å². The fourth-order valence-electron chi connectivity index (χ4n) is 2.31. The molecule has 2 N–H and O–H groups in total. The van der Waals surface area contributed by atoms with Crippen LogP contribution >= 0.6 is 11.6 Å². The molecule has 0 atom stereocenters. The topological polar surface area (TPSA) is 70.1 Å². The number of nitrogens with zero attached hydrogens (tertiary/aromatic N) is 2. The number of H-pyrrole nitrogens is 1. The number of rotatable bonds is 5. The predicted octanol–water partition coefficient (Wildman–Crippen LogP) is 4.55. The minimum Gasteiger partial charge on any atom is -0.272 e. The number of allylic oxidation sites excluding steroid dienone is 1. The highest BCUT2D eigenvalue weighted by Crippen LogP contribution is 2.20. The summed E-state index contributed by atoms with van der Waals surface area (Å²) >= 11 is 5.88. The summed E-state index contributed by atoms with van der Waals surface area (Å²) in [6, 6.07) is 18.8. The van der Waals surface area contributed by atoms with Gasteiger partial charge in [0, 0.05) is 10.6 Å². The van der Waals surface area contributed by atoms with Gasteiger partial charge in [-0.05, 0) is 36.3 Å². The van der Waals surface area contributed by atoms with Crippen LogP contribution in [0.3, 0.4) is 0 Å². The molecule has 2 aromatic carbocycles. The standard InChI is InChI=1S/C20H17ClN4O/c1-14(11-15-5-3-2-4-6-15)13-22-25-20(26)19-12-18(23-24-19)16-7-9-17(21)10-8-16/h2-13H,1H3,(H,23,24)(H,25,26)/b14-11-,22-13+. The minimum absolute atomic E-state index is 0.330. The number of amides is 1. The lowest BCUT2D eigenvalue weighted by Gasteiger charge is -1.97. The third-order valence-corrected chi connectivity index (χ3v) is 3.84. The molecule has 26 heavy (non-hydrogen) atoms. The van der Waals surface area contributed by atoms with Gasteiger partial charge in [0.25, 0.3) is 5.91 Å². The maximum atomic E-state index is 12.1. The smallest absolute Gasteiger partial charge is 0.272 e. The predicted molar refractivity (Wildman–Crippen MR) is 105 cm³/mol. The first-order chi connectivity index (χ1) is 12.6. The summed E-state index contributed by atoms with van der Waals surface area (Å²) in [5.41, 5.74) is 6.34. The van der Waals surface area contributed by atoms with Crippen LogP contribution in [-0.2, 0) is 0 Å². The molecule has 3 rings (SSSR count). The Morgan fingerprint density at radius 1 is 1.15 bits per heavy atom. The quantitative estimate of drug-likeness (QED) is 0.515. The molecular formula is C20H17ClN4O. The van der Waals surface area contributed by atoms with Crippen molar-refractivity contribution in [1.82, 2.24) is 15.6 Å². The SMILES string of the molecule is CC(=C/c1ccccc1)/C=N/NC(=O)c1cc(-c2ccc(Cl)cc2)n[nH]1. The van der Waals surface area contributed by atoms with Crippen LogP contribution in [0.25, 0.3) is 17.3 Å². The fourth-order valence-corrected chi connectivity index (χ4v) is 2.43. The van der Waals surface area contributed by atoms with Gasteiger partial charge in [0.1, 0.15) is 5.69 Å². The van der Waals surface area contributed by atoms with E-state index in [0.717, 1.165) is 16.7 Å². The Labute approximate surface area is 156 Å². The van der Waals surface area contributed by atoms with E-state index in [1.807, 2.05) is 55.5 Å². The molecule has 6 heteroatoms. The van der Waals surface area contributed by atoms with Gasteiger partial charge in [-0.3, -0.25) is 9.89 Å². The van der Waals surface area contributed by atoms with Gasteiger partial charge in [-0.15, -0.1) is 0 Å². The van der Waals surface area contributed by atoms with Crippen LogP contribution in [0, 0.1) is 0 Å². The number of nitrogens with one attached hydrogen (secondary N) is 2. The molecule has 3 aromatic rings. The van der Waals surface area contributed by atoms with Gasteiger partial charge in [0.15, 0.2) is 0 Å². The second kappa shape index (κ2) is 8.27. The lowest BCUT2D eigenvalue weighted by molar-refractivity contribution is 0.0950. The number of carbonyl (C=O) groups is 1. The molecule has 1 heterocycles. The maximum absolute atomic E-state index is 12.1. The van der Waals surface area contributed by atoms with Crippen LogP contribution in [0.4, 0.5) is 0 Å². The first-order valence-electron chi connectivity index (χ1n) is 8.00. The second-order valence-electron chi connectivity index (χ2n) is 5.67. The molecule has 5 nitrogen and oxygen atoms in total. The van der Waals surface area contributed by atoms with Crippen molar-refractivity contribution in [2.45, 2.75) is 6.92 Å². The summed E-state index contributed by atoms with van der Waals surface area (Å²) in [5, 5.41) is 11.5. The van der Waals surface area contributed by atoms with E-state index in [9.17, 15) is 4.79 Å². The number of halogens is 1. The fraction of sp³-hybridized carbons (Fsp3) is 0.0500. The van der Waals surface area contributed by atoms with Crippen LogP contribution < -0.4 is 5.43 Å². The first-order valence-corrected chi connectivity index (χ1v) is 8.38. The molecule has 130 valence electrons. The van der Waals surface area contributed by atoms with Gasteiger partial charge in [0.05, 0.1) is 11.9 Å². The summed E-state index contributed by atoms with van der Waals surface area (Å²) < 4.78 is 0. The first kappa shape index (κ1) is 17.6. The zero-order chi connectivity index (χ0) is 18.4. The van der Waals surface area contributed by atoms with E-state index in [4.69, 9.17) is 11.6 Å². The van der Waals surface area contributed by atoms with E-state index in [2.05, 4.69) is 20.7 Å². The molecule has 0 bridgehead atoms. The van der Waals surface area contributed by atoms with Crippen molar-refractivity contribution in [1.29, 1.82) is 0 Å². The van der Waals surface area contributed by atoms with Crippen molar-refractivity contribution in [3.05, 3.63) is 82.5 Å². The van der Waals surface area contributed by atoms with E-state index in [1.54, 1.807) is 24.4 Å². The Morgan fingerprint density at radius 3 is 2.62 bits per heavy atom. The van der Waals surface area contributed by atoms with Crippen LogP contribution in [-0.4, -0.2) is 22.3 Å². The van der Waals surface area contributed by atoms with Crippen molar-refractivity contribution in [2.75, 3.05) is 0 Å². The van der Waals surface area contributed by atoms with Crippen LogP contribution in [0.15, 0.2) is 71.3 Å². The van der Waals surface area contributed by atoms with Gasteiger partial charge in [0.2, 0.25) is 0 Å². The summed E-state index contributed by atoms with van der Waals surface area (Å²) in [6.07, 6.45) is 3.58. The lowest BCUT2D eigenvalue weighted by Crippen LogP contribution is -2.17. The molecule has 0 fully saturated rings. The largest absolute Gasteiger partial charge is 0.289 e. The normalized spacial score (nSPS) is 11.7. The number of aromatic amines is 1. The van der Waals surface area contributed by atoms with Crippen molar-refractivity contribution in [3.8, 4) is 11.3 Å². The molecule has 0 unspecified atom stereocenters. The molecule has 0 aliphatic heterocycles. The van der Waals surface area contributed by atoms with Gasteiger partial charge in [-0.1, -0.05) is 60.1 Å². The van der Waals surface area contributed by atoms with Crippen molar-refractivity contribution >= 4 is 29.8 Å². The number of hydrazone groups is 1. The van der Waals surface area contributed by atoms with Gasteiger partial charge in [-0.25, -0.2) is 5.43 Å². The van der Waals surface area contributed by atoms with Crippen LogP contribution in [0.1, 0.15) is 23.0 Å². The zero-order valence-electron chi connectivity index (χ0n) is 14.1. The summed E-state index contributed by atoms with van der Waals surface area (Å²) in [5.74, 6) is -0.360. The molecule has 0 saturated heterocycles. The van der Waals surface area contributed by atoms with Crippen LogP contribution in [0.5, 0.6) is 0 Å². The third kappa shape index (κ3) is 4.68. The van der Waals surface area contributed by atoms with E-state index in [-0.39, 0.29) is 5.91 Å². The van der Waals surface area contributed by atoms with E-state index < -0.39 is 0 Å². The summed E-state index contributed by atoms with van der Waals surface area (Å²) in [7, 11) is 0. The van der Waals surface area contributed by atoms with Crippen molar-refractivity contribution in [3.63, 3.8) is 0 Å². The zero-order valence-corrected chi connectivity index (χ0v) is 14.9. The maximum Gasteiger partial charge on any atom is 0.289 e. The Bertz CT molecular complexity index is 943. The molecule has 0 aliphatic carbocycles. The monoisotopic (exact) mass is 364 g/mol. The molecule has 0 radical (unpaired) electrons. The highest BCUT2D eigenvalue weighted by Gasteiger charge is 2.10. The van der Waals surface area contributed by atoms with Gasteiger partial charge >= 0.3 is 0 Å². The Kier molecular flexibility index (Phi) is 5.61. The molecule has 1 amide bonds. The van der Waals surface area contributed by atoms with Gasteiger partial charge < -0.3 is 0 Å². The molecule has 0 spiro atoms. The number of aromatic nitrogens is 2. The Morgan fingerprint density at radius 2 is 1.88 bits per heavy atom. The van der Waals surface area contributed by atoms with E-state index in [0.29, 0.717) is 16.4 Å². The summed E-state index contributed by atoms with van der Waals surface area (Å²) in [4.78, 5) is 12.1. The highest BCUT2D eigenvalue weighted by molar-refractivity contribution is 6.30.